The van der Waals surface area contributed by atoms with E-state index in [4.69, 9.17) is 0 Å². The number of hydrogen-bond acceptors (Lipinski definition) is 5. The average molecular weight is 421 g/mol. The lowest BCUT2D eigenvalue weighted by molar-refractivity contribution is -0.137. The molecule has 162 valence electrons. The summed E-state index contributed by atoms with van der Waals surface area (Å²) in [5.74, 6) is -0.0162. The van der Waals surface area contributed by atoms with Crippen LogP contribution in [0.15, 0.2) is 48.5 Å². The molecule has 1 heterocycles. The van der Waals surface area contributed by atoms with Crippen LogP contribution in [0.4, 0.5) is 5.69 Å². The van der Waals surface area contributed by atoms with E-state index in [0.29, 0.717) is 5.82 Å². The zero-order chi connectivity index (χ0) is 22.4. The first-order valence-electron chi connectivity index (χ1n) is 10.4. The number of nitrogens with zero attached hydrogens (tertiary/aromatic N) is 5. The van der Waals surface area contributed by atoms with Crippen molar-refractivity contribution < 1.29 is 9.59 Å². The number of nitrogens with one attached hydrogen (secondary N) is 1. The van der Waals surface area contributed by atoms with Gasteiger partial charge in [0.25, 0.3) is 0 Å². The highest BCUT2D eigenvalue weighted by atomic mass is 16.2. The van der Waals surface area contributed by atoms with E-state index in [-0.39, 0.29) is 30.9 Å². The van der Waals surface area contributed by atoms with Gasteiger partial charge in [-0.3, -0.25) is 9.59 Å². The summed E-state index contributed by atoms with van der Waals surface area (Å²) < 4.78 is 0. The molecule has 0 saturated carbocycles. The van der Waals surface area contributed by atoms with Gasteiger partial charge in [0.2, 0.25) is 17.6 Å². The third-order valence-electron chi connectivity index (χ3n) is 5.40. The average Bonchev–Trinajstić information content (AvgIpc) is 3.23. The minimum Gasteiger partial charge on any atom is -0.329 e. The van der Waals surface area contributed by atoms with E-state index < -0.39 is 0 Å². The molecule has 0 aliphatic heterocycles. The van der Waals surface area contributed by atoms with Crippen LogP contribution >= 0.6 is 0 Å². The highest BCUT2D eigenvalue weighted by molar-refractivity contribution is 5.95. The summed E-state index contributed by atoms with van der Waals surface area (Å²) in [6, 6.07) is 15.1. The van der Waals surface area contributed by atoms with E-state index >= 15 is 0 Å². The van der Waals surface area contributed by atoms with Crippen molar-refractivity contribution in [3.8, 4) is 11.4 Å². The fourth-order valence-electron chi connectivity index (χ4n) is 3.17. The summed E-state index contributed by atoms with van der Waals surface area (Å²) in [4.78, 5) is 28.5. The summed E-state index contributed by atoms with van der Waals surface area (Å²) in [6.45, 7) is 7.74. The van der Waals surface area contributed by atoms with Gasteiger partial charge in [-0.1, -0.05) is 49.4 Å². The van der Waals surface area contributed by atoms with Crippen LogP contribution in [0, 0.1) is 13.8 Å². The Morgan fingerprint density at radius 1 is 1.10 bits per heavy atom. The molecule has 2 amide bonds. The molecule has 2 aromatic carbocycles. The first-order valence-corrected chi connectivity index (χ1v) is 10.4. The molecule has 31 heavy (non-hydrogen) atoms. The number of anilines is 1. The normalized spacial score (nSPS) is 11.7. The summed E-state index contributed by atoms with van der Waals surface area (Å²) >= 11 is 0. The second kappa shape index (κ2) is 9.97. The molecule has 8 heteroatoms. The maximum Gasteiger partial charge on any atom is 0.246 e. The van der Waals surface area contributed by atoms with Crippen molar-refractivity contribution in [2.75, 3.05) is 11.9 Å². The lowest BCUT2D eigenvalue weighted by Crippen LogP contribution is -2.45. The second-order valence-electron chi connectivity index (χ2n) is 7.58. The number of carbonyl (C=O) groups is 2. The van der Waals surface area contributed by atoms with E-state index in [0.717, 1.165) is 28.8 Å². The summed E-state index contributed by atoms with van der Waals surface area (Å²) in [6.07, 6.45) is 0.725. The Balaban J connectivity index is 1.69. The minimum atomic E-state index is -0.237. The molecule has 0 radical (unpaired) electrons. The Bertz CT molecular complexity index is 1050. The van der Waals surface area contributed by atoms with E-state index in [9.17, 15) is 9.59 Å². The molecule has 0 unspecified atom stereocenters. The summed E-state index contributed by atoms with van der Waals surface area (Å²) in [5.41, 5.74) is 3.69. The molecule has 3 rings (SSSR count). The molecule has 0 aliphatic rings. The van der Waals surface area contributed by atoms with Gasteiger partial charge in [0, 0.05) is 17.3 Å². The van der Waals surface area contributed by atoms with Gasteiger partial charge < -0.3 is 10.2 Å². The maximum absolute atomic E-state index is 13.0. The van der Waals surface area contributed by atoms with E-state index in [1.54, 1.807) is 4.90 Å². The highest BCUT2D eigenvalue weighted by Gasteiger charge is 2.23. The molecule has 0 fully saturated rings. The molecule has 1 aromatic heterocycles. The zero-order valence-corrected chi connectivity index (χ0v) is 18.4. The number of carbonyl (C=O) groups excluding carboxylic acids is 2. The Morgan fingerprint density at radius 2 is 1.84 bits per heavy atom. The number of aromatic nitrogens is 4. The molecule has 3 aromatic rings. The zero-order valence-electron chi connectivity index (χ0n) is 18.4. The summed E-state index contributed by atoms with van der Waals surface area (Å²) in [5, 5.41) is 15.3. The van der Waals surface area contributed by atoms with Crippen LogP contribution in [-0.4, -0.2) is 49.5 Å². The van der Waals surface area contributed by atoms with E-state index in [1.165, 1.54) is 4.80 Å². The van der Waals surface area contributed by atoms with Crippen molar-refractivity contribution in [3.63, 3.8) is 0 Å². The van der Waals surface area contributed by atoms with Crippen molar-refractivity contribution in [1.82, 2.24) is 25.1 Å². The first kappa shape index (κ1) is 22.1. The maximum atomic E-state index is 13.0. The molecule has 0 bridgehead atoms. The van der Waals surface area contributed by atoms with Crippen LogP contribution in [0.1, 0.15) is 31.4 Å². The van der Waals surface area contributed by atoms with Crippen molar-refractivity contribution >= 4 is 17.5 Å². The van der Waals surface area contributed by atoms with Crippen LogP contribution < -0.4 is 5.32 Å². The van der Waals surface area contributed by atoms with Gasteiger partial charge in [0.05, 0.1) is 0 Å². The topological polar surface area (TPSA) is 93.0 Å². The van der Waals surface area contributed by atoms with Crippen LogP contribution in [0.3, 0.4) is 0 Å². The number of hydrogen-bond donors (Lipinski definition) is 1. The molecule has 1 atom stereocenters. The first-order chi connectivity index (χ1) is 14.9. The monoisotopic (exact) mass is 420 g/mol. The third kappa shape index (κ3) is 5.53. The third-order valence-corrected chi connectivity index (χ3v) is 5.40. The molecular formula is C23H28N6O2. The van der Waals surface area contributed by atoms with Gasteiger partial charge >= 0.3 is 0 Å². The molecule has 0 saturated heterocycles. The molecule has 8 nitrogen and oxygen atoms in total. The number of aryl methyl sites for hydroxylation is 1. The van der Waals surface area contributed by atoms with Crippen LogP contribution in [-0.2, 0) is 16.1 Å². The number of tetrazole rings is 1. The van der Waals surface area contributed by atoms with Gasteiger partial charge in [-0.05, 0) is 49.6 Å². The Hall–Kier alpha value is -3.55. The Kier molecular flexibility index (Phi) is 7.12. The van der Waals surface area contributed by atoms with Crippen LogP contribution in [0.25, 0.3) is 11.4 Å². The Morgan fingerprint density at radius 3 is 2.55 bits per heavy atom. The predicted molar refractivity (Wildman–Crippen MR) is 119 cm³/mol. The smallest absolute Gasteiger partial charge is 0.246 e. The van der Waals surface area contributed by atoms with E-state index in [1.807, 2.05) is 76.2 Å². The standard InChI is InChI=1S/C23H28N6O2/c1-5-17(3)28(14-21(30)24-20-13-9-10-16(2)18(20)4)22(31)15-29-26-23(25-27-29)19-11-7-6-8-12-19/h6-13,17H,5,14-15H2,1-4H3,(H,24,30)/t17-/m0/s1. The quantitative estimate of drug-likeness (QED) is 0.604. The molecular weight excluding hydrogens is 392 g/mol. The number of rotatable bonds is 8. The van der Waals surface area contributed by atoms with Gasteiger partial charge in [-0.25, -0.2) is 0 Å². The molecule has 1 N–H and O–H groups in total. The molecule has 0 spiro atoms. The Labute approximate surface area is 182 Å². The minimum absolute atomic E-state index is 0.0402. The fourth-order valence-corrected chi connectivity index (χ4v) is 3.17. The van der Waals surface area contributed by atoms with Gasteiger partial charge in [0.15, 0.2) is 0 Å². The van der Waals surface area contributed by atoms with Gasteiger partial charge in [-0.15, -0.1) is 10.2 Å². The van der Waals surface area contributed by atoms with Crippen LogP contribution in [0.5, 0.6) is 0 Å². The van der Waals surface area contributed by atoms with E-state index in [2.05, 4.69) is 20.7 Å². The van der Waals surface area contributed by atoms with Crippen molar-refractivity contribution in [2.45, 2.75) is 46.7 Å². The number of amides is 2. The molecule has 0 aliphatic carbocycles. The number of benzene rings is 2. The lowest BCUT2D eigenvalue weighted by Gasteiger charge is -2.28. The fraction of sp³-hybridized carbons (Fsp3) is 0.348. The second-order valence-corrected chi connectivity index (χ2v) is 7.58. The summed E-state index contributed by atoms with van der Waals surface area (Å²) in [7, 11) is 0. The highest BCUT2D eigenvalue weighted by Crippen LogP contribution is 2.18. The van der Waals surface area contributed by atoms with Crippen LogP contribution in [0.2, 0.25) is 0 Å². The van der Waals surface area contributed by atoms with Crippen molar-refractivity contribution in [2.24, 2.45) is 0 Å². The van der Waals surface area contributed by atoms with Crippen molar-refractivity contribution in [1.29, 1.82) is 0 Å². The predicted octanol–water partition coefficient (Wildman–Crippen LogP) is 3.22. The SMILES string of the molecule is CC[C@H](C)N(CC(=O)Nc1cccc(C)c1C)C(=O)Cn1nnc(-c2ccccc2)n1. The van der Waals surface area contributed by atoms with Gasteiger partial charge in [-0.2, -0.15) is 4.80 Å². The van der Waals surface area contributed by atoms with Gasteiger partial charge in [0.1, 0.15) is 13.1 Å². The van der Waals surface area contributed by atoms with Crippen molar-refractivity contribution in [3.05, 3.63) is 59.7 Å². The largest absolute Gasteiger partial charge is 0.329 e. The lowest BCUT2D eigenvalue weighted by atomic mass is 10.1.